The molecule has 1 saturated heterocycles. The molecular formula is C32H37N3O4. The maximum atomic E-state index is 13.0. The van der Waals surface area contributed by atoms with Gasteiger partial charge in [-0.2, -0.15) is 0 Å². The first-order valence-electron chi connectivity index (χ1n) is 13.6. The van der Waals surface area contributed by atoms with Gasteiger partial charge in [-0.25, -0.2) is 0 Å². The van der Waals surface area contributed by atoms with Crippen molar-refractivity contribution in [3.8, 4) is 11.1 Å². The lowest BCUT2D eigenvalue weighted by molar-refractivity contribution is -0.143. The molecule has 2 N–H and O–H groups in total. The number of esters is 1. The maximum absolute atomic E-state index is 13.0. The third kappa shape index (κ3) is 7.25. The van der Waals surface area contributed by atoms with Crippen LogP contribution in [-0.2, 0) is 19.1 Å². The number of anilines is 3. The summed E-state index contributed by atoms with van der Waals surface area (Å²) in [6.07, 6.45) is 2.28. The van der Waals surface area contributed by atoms with Crippen LogP contribution >= 0.6 is 0 Å². The van der Waals surface area contributed by atoms with Crippen molar-refractivity contribution in [2.24, 2.45) is 5.92 Å². The van der Waals surface area contributed by atoms with Crippen LogP contribution in [0.2, 0.25) is 0 Å². The van der Waals surface area contributed by atoms with Crippen molar-refractivity contribution in [2.75, 3.05) is 35.2 Å². The number of nitrogens with one attached hydrogen (secondary N) is 2. The largest absolute Gasteiger partial charge is 0.466 e. The Kier molecular flexibility index (Phi) is 9.36. The van der Waals surface area contributed by atoms with Crippen molar-refractivity contribution < 1.29 is 19.1 Å². The molecule has 0 aliphatic carbocycles. The normalized spacial score (nSPS) is 14.8. The van der Waals surface area contributed by atoms with Gasteiger partial charge in [-0.1, -0.05) is 42.5 Å². The topological polar surface area (TPSA) is 87.7 Å². The first kappa shape index (κ1) is 27.9. The van der Waals surface area contributed by atoms with Gasteiger partial charge in [-0.05, 0) is 74.6 Å². The monoisotopic (exact) mass is 527 g/mol. The molecule has 0 bridgehead atoms. The fourth-order valence-electron chi connectivity index (χ4n) is 4.84. The molecule has 3 aromatic rings. The van der Waals surface area contributed by atoms with E-state index in [1.165, 1.54) is 0 Å². The summed E-state index contributed by atoms with van der Waals surface area (Å²) < 4.78 is 4.98. The van der Waals surface area contributed by atoms with E-state index < -0.39 is 5.92 Å². The summed E-state index contributed by atoms with van der Waals surface area (Å²) in [6.45, 7) is 7.35. The highest BCUT2D eigenvalue weighted by molar-refractivity contribution is 6.04. The molecule has 1 aliphatic rings. The second-order valence-electron chi connectivity index (χ2n) is 10.00. The molecular weight excluding hydrogens is 490 g/mol. The number of carbonyl (C=O) groups excluding carboxylic acids is 3. The third-order valence-electron chi connectivity index (χ3n) is 6.97. The van der Waals surface area contributed by atoms with Crippen molar-refractivity contribution in [3.05, 3.63) is 77.9 Å². The predicted octanol–water partition coefficient (Wildman–Crippen LogP) is 6.11. The molecule has 0 aromatic heterocycles. The maximum Gasteiger partial charge on any atom is 0.305 e. The highest BCUT2D eigenvalue weighted by Gasteiger charge is 2.35. The van der Waals surface area contributed by atoms with Crippen LogP contribution in [0.15, 0.2) is 66.7 Å². The zero-order valence-electron chi connectivity index (χ0n) is 23.0. The van der Waals surface area contributed by atoms with E-state index in [-0.39, 0.29) is 24.2 Å². The summed E-state index contributed by atoms with van der Waals surface area (Å²) in [5.74, 6) is -0.716. The van der Waals surface area contributed by atoms with Crippen molar-refractivity contribution >= 4 is 34.8 Å². The molecule has 1 atom stereocenters. The number of hydrogen-bond donors (Lipinski definition) is 2. The number of ether oxygens (including phenoxy) is 1. The summed E-state index contributed by atoms with van der Waals surface area (Å²) in [5, 5.41) is 6.46. The average Bonchev–Trinajstić information content (AvgIpc) is 3.32. The fourth-order valence-corrected chi connectivity index (χ4v) is 4.84. The Morgan fingerprint density at radius 3 is 2.54 bits per heavy atom. The van der Waals surface area contributed by atoms with Crippen LogP contribution in [0, 0.1) is 19.8 Å². The highest BCUT2D eigenvalue weighted by Crippen LogP contribution is 2.31. The van der Waals surface area contributed by atoms with Crippen LogP contribution in [0.4, 0.5) is 17.1 Å². The van der Waals surface area contributed by atoms with Crippen LogP contribution in [-0.4, -0.2) is 37.5 Å². The lowest BCUT2D eigenvalue weighted by atomic mass is 10.0. The second kappa shape index (κ2) is 13.1. The van der Waals surface area contributed by atoms with Crippen LogP contribution < -0.4 is 15.5 Å². The van der Waals surface area contributed by atoms with Gasteiger partial charge in [0.2, 0.25) is 11.8 Å². The van der Waals surface area contributed by atoms with Crippen molar-refractivity contribution in [3.63, 3.8) is 0 Å². The Morgan fingerprint density at radius 2 is 1.77 bits per heavy atom. The van der Waals surface area contributed by atoms with Gasteiger partial charge in [0, 0.05) is 48.6 Å². The minimum Gasteiger partial charge on any atom is -0.466 e. The van der Waals surface area contributed by atoms with Gasteiger partial charge in [0.25, 0.3) is 0 Å². The van der Waals surface area contributed by atoms with Gasteiger partial charge < -0.3 is 20.3 Å². The second-order valence-corrected chi connectivity index (χ2v) is 10.00. The number of hydrogen-bond acceptors (Lipinski definition) is 5. The van der Waals surface area contributed by atoms with E-state index >= 15 is 0 Å². The SMILES string of the molecule is CCOC(=O)CCCCNc1ccccc1-c1ccc(NC(=O)C2CC(=O)N(c3cc(C)ccc3C)C2)cc1. The Bertz CT molecular complexity index is 1320. The van der Waals surface area contributed by atoms with E-state index in [9.17, 15) is 14.4 Å². The number of aryl methyl sites for hydroxylation is 2. The highest BCUT2D eigenvalue weighted by atomic mass is 16.5. The Hall–Kier alpha value is -4.13. The van der Waals surface area contributed by atoms with E-state index in [0.29, 0.717) is 25.3 Å². The third-order valence-corrected chi connectivity index (χ3v) is 6.97. The minimum absolute atomic E-state index is 0.0239. The van der Waals surface area contributed by atoms with Crippen LogP contribution in [0.3, 0.4) is 0 Å². The first-order chi connectivity index (χ1) is 18.9. The first-order valence-corrected chi connectivity index (χ1v) is 13.6. The molecule has 7 nitrogen and oxygen atoms in total. The fraction of sp³-hybridized carbons (Fsp3) is 0.344. The van der Waals surface area contributed by atoms with E-state index in [0.717, 1.165) is 53.0 Å². The lowest BCUT2D eigenvalue weighted by Gasteiger charge is -2.19. The molecule has 39 heavy (non-hydrogen) atoms. The van der Waals surface area contributed by atoms with Gasteiger partial charge in [0.15, 0.2) is 0 Å². The Labute approximate surface area is 230 Å². The smallest absolute Gasteiger partial charge is 0.305 e. The van der Waals surface area contributed by atoms with Gasteiger partial charge >= 0.3 is 5.97 Å². The van der Waals surface area contributed by atoms with Gasteiger partial charge in [0.05, 0.1) is 12.5 Å². The quantitative estimate of drug-likeness (QED) is 0.232. The molecule has 1 unspecified atom stereocenters. The van der Waals surface area contributed by atoms with E-state index in [1.54, 1.807) is 4.90 Å². The predicted molar refractivity (Wildman–Crippen MR) is 156 cm³/mol. The molecule has 0 radical (unpaired) electrons. The molecule has 7 heteroatoms. The van der Waals surface area contributed by atoms with E-state index in [2.05, 4.69) is 16.7 Å². The molecule has 4 rings (SSSR count). The van der Waals surface area contributed by atoms with Crippen molar-refractivity contribution in [2.45, 2.75) is 46.5 Å². The van der Waals surface area contributed by atoms with Crippen LogP contribution in [0.25, 0.3) is 11.1 Å². The standard InChI is InChI=1S/C32H37N3O4/c1-4-39-31(37)11-7-8-18-33-28-10-6-5-9-27(28)24-14-16-26(17-15-24)34-32(38)25-20-30(36)35(21-25)29-19-22(2)12-13-23(29)3/h5-6,9-10,12-17,19,25,33H,4,7-8,11,18,20-21H2,1-3H3,(H,34,38). The molecule has 1 fully saturated rings. The van der Waals surface area contributed by atoms with Gasteiger partial charge in [-0.3, -0.25) is 14.4 Å². The summed E-state index contributed by atoms with van der Waals surface area (Å²) in [7, 11) is 0. The van der Waals surface area contributed by atoms with Crippen molar-refractivity contribution in [1.82, 2.24) is 0 Å². The average molecular weight is 528 g/mol. The molecule has 1 heterocycles. The summed E-state index contributed by atoms with van der Waals surface area (Å²) >= 11 is 0. The molecule has 0 spiro atoms. The molecule has 0 saturated carbocycles. The number of para-hydroxylation sites is 1. The van der Waals surface area contributed by atoms with Crippen molar-refractivity contribution in [1.29, 1.82) is 0 Å². The Balaban J connectivity index is 1.33. The zero-order valence-corrected chi connectivity index (χ0v) is 23.0. The number of carbonyl (C=O) groups is 3. The molecule has 2 amide bonds. The van der Waals surface area contributed by atoms with Crippen LogP contribution in [0.1, 0.15) is 43.7 Å². The molecule has 3 aromatic carbocycles. The van der Waals surface area contributed by atoms with Gasteiger partial charge in [-0.15, -0.1) is 0 Å². The Morgan fingerprint density at radius 1 is 1.00 bits per heavy atom. The molecule has 1 aliphatic heterocycles. The summed E-state index contributed by atoms with van der Waals surface area (Å²) in [5.41, 5.74) is 6.79. The van der Waals surface area contributed by atoms with Gasteiger partial charge in [0.1, 0.15) is 0 Å². The number of unbranched alkanes of at least 4 members (excludes halogenated alkanes) is 1. The minimum atomic E-state index is -0.397. The number of amides is 2. The lowest BCUT2D eigenvalue weighted by Crippen LogP contribution is -2.28. The summed E-state index contributed by atoms with van der Waals surface area (Å²) in [4.78, 5) is 39.0. The van der Waals surface area contributed by atoms with E-state index in [4.69, 9.17) is 4.74 Å². The zero-order chi connectivity index (χ0) is 27.8. The van der Waals surface area contributed by atoms with E-state index in [1.807, 2.05) is 81.4 Å². The number of benzene rings is 3. The molecule has 204 valence electrons. The van der Waals surface area contributed by atoms with Crippen LogP contribution in [0.5, 0.6) is 0 Å². The number of rotatable bonds is 11. The number of nitrogens with zero attached hydrogens (tertiary/aromatic N) is 1. The summed E-state index contributed by atoms with van der Waals surface area (Å²) in [6, 6.07) is 21.9.